The minimum Gasteiger partial charge on any atom is -0.355 e. The van der Waals surface area contributed by atoms with Crippen molar-refractivity contribution in [3.8, 4) is 0 Å². The van der Waals surface area contributed by atoms with Crippen molar-refractivity contribution in [2.45, 2.75) is 37.0 Å². The average molecular weight is 321 g/mol. The largest absolute Gasteiger partial charge is 0.355 e. The molecule has 0 saturated heterocycles. The lowest BCUT2D eigenvalue weighted by Crippen LogP contribution is -2.44. The van der Waals surface area contributed by atoms with Gasteiger partial charge in [0.05, 0.1) is 10.9 Å². The fourth-order valence-electron chi connectivity index (χ4n) is 2.02. The Morgan fingerprint density at radius 1 is 1.41 bits per heavy atom. The van der Waals surface area contributed by atoms with Crippen LogP contribution in [0, 0.1) is 0 Å². The predicted molar refractivity (Wildman–Crippen MR) is 86.0 cm³/mol. The maximum absolute atomic E-state index is 12.2. The third-order valence-corrected chi connectivity index (χ3v) is 4.44. The lowest BCUT2D eigenvalue weighted by molar-refractivity contribution is -0.122. The summed E-state index contributed by atoms with van der Waals surface area (Å²) in [6, 6.07) is 4.51. The maximum Gasteiger partial charge on any atom is 0.251 e. The summed E-state index contributed by atoms with van der Waals surface area (Å²) >= 11 is 1.46. The summed E-state index contributed by atoms with van der Waals surface area (Å²) in [4.78, 5) is 36.4. The molecule has 0 saturated carbocycles. The number of amides is 3. The molecule has 0 spiro atoms. The van der Waals surface area contributed by atoms with Crippen LogP contribution in [0.15, 0.2) is 23.1 Å². The summed E-state index contributed by atoms with van der Waals surface area (Å²) < 4.78 is 0. The van der Waals surface area contributed by atoms with Gasteiger partial charge in [0.2, 0.25) is 11.8 Å². The third kappa shape index (κ3) is 3.59. The Kier molecular flexibility index (Phi) is 5.07. The van der Waals surface area contributed by atoms with Gasteiger partial charge in [-0.1, -0.05) is 0 Å². The van der Waals surface area contributed by atoms with Gasteiger partial charge in [0.1, 0.15) is 6.04 Å². The predicted octanol–water partition coefficient (Wildman–Crippen LogP) is 1.37. The average Bonchev–Trinajstić information content (AvgIpc) is 2.48. The van der Waals surface area contributed by atoms with E-state index in [1.165, 1.54) is 11.8 Å². The molecule has 0 bridgehead atoms. The van der Waals surface area contributed by atoms with Crippen LogP contribution in [0.4, 0.5) is 5.69 Å². The van der Waals surface area contributed by atoms with Gasteiger partial charge >= 0.3 is 0 Å². The van der Waals surface area contributed by atoms with Gasteiger partial charge in [-0.3, -0.25) is 14.4 Å². The second-order valence-electron chi connectivity index (χ2n) is 5.05. The molecule has 0 fully saturated rings. The highest BCUT2D eigenvalue weighted by molar-refractivity contribution is 8.00. The smallest absolute Gasteiger partial charge is 0.251 e. The molecule has 7 heteroatoms. The molecule has 0 unspecified atom stereocenters. The number of benzene rings is 1. The zero-order valence-electron chi connectivity index (χ0n) is 12.7. The summed E-state index contributed by atoms with van der Waals surface area (Å²) in [6.07, 6.45) is 0. The Bertz CT molecular complexity index is 618. The van der Waals surface area contributed by atoms with Gasteiger partial charge in [-0.2, -0.15) is 0 Å². The number of fused-ring (bicyclic) bond motifs is 1. The zero-order valence-corrected chi connectivity index (χ0v) is 13.5. The molecule has 3 N–H and O–H groups in total. The molecule has 0 radical (unpaired) electrons. The summed E-state index contributed by atoms with van der Waals surface area (Å²) in [7, 11) is 0. The second-order valence-corrected chi connectivity index (χ2v) is 6.43. The number of hydrogen-bond acceptors (Lipinski definition) is 4. The molecule has 3 amide bonds. The SMILES string of the molecule is CCNC(=O)[C@H](C)NC(=O)c1ccc2c(c1)NC(=O)[C@H](C)S2. The monoisotopic (exact) mass is 321 g/mol. The fraction of sp³-hybridized carbons (Fsp3) is 0.400. The molecule has 2 rings (SSSR count). The summed E-state index contributed by atoms with van der Waals surface area (Å²) in [5.41, 5.74) is 1.04. The Hall–Kier alpha value is -2.02. The molecule has 1 aliphatic heterocycles. The molecule has 118 valence electrons. The number of rotatable bonds is 4. The number of carbonyl (C=O) groups excluding carboxylic acids is 3. The van der Waals surface area contributed by atoms with E-state index in [0.29, 0.717) is 17.8 Å². The Labute approximate surface area is 133 Å². The maximum atomic E-state index is 12.2. The number of nitrogens with one attached hydrogen (secondary N) is 3. The van der Waals surface area contributed by atoms with Crippen molar-refractivity contribution in [3.63, 3.8) is 0 Å². The second kappa shape index (κ2) is 6.83. The lowest BCUT2D eigenvalue weighted by Gasteiger charge is -2.22. The van der Waals surface area contributed by atoms with E-state index >= 15 is 0 Å². The Balaban J connectivity index is 2.10. The van der Waals surface area contributed by atoms with E-state index in [9.17, 15) is 14.4 Å². The molecule has 6 nitrogen and oxygen atoms in total. The first-order valence-electron chi connectivity index (χ1n) is 7.12. The van der Waals surface area contributed by atoms with Gasteiger partial charge < -0.3 is 16.0 Å². The van der Waals surface area contributed by atoms with Crippen molar-refractivity contribution in [3.05, 3.63) is 23.8 Å². The van der Waals surface area contributed by atoms with Crippen molar-refractivity contribution in [2.75, 3.05) is 11.9 Å². The fourth-order valence-corrected chi connectivity index (χ4v) is 2.95. The highest BCUT2D eigenvalue weighted by Gasteiger charge is 2.24. The lowest BCUT2D eigenvalue weighted by atomic mass is 10.1. The van der Waals surface area contributed by atoms with Crippen LogP contribution in [0.25, 0.3) is 0 Å². The molecule has 1 aliphatic rings. The van der Waals surface area contributed by atoms with E-state index in [1.54, 1.807) is 19.1 Å². The number of likely N-dealkylation sites (N-methyl/N-ethyl adjacent to an activating group) is 1. The van der Waals surface area contributed by atoms with Crippen LogP contribution in [0.5, 0.6) is 0 Å². The highest BCUT2D eigenvalue weighted by atomic mass is 32.2. The van der Waals surface area contributed by atoms with E-state index in [-0.39, 0.29) is 23.0 Å². The van der Waals surface area contributed by atoms with Gasteiger partial charge in [-0.05, 0) is 39.0 Å². The van der Waals surface area contributed by atoms with Crippen molar-refractivity contribution in [2.24, 2.45) is 0 Å². The minimum absolute atomic E-state index is 0.0780. The molecule has 2 atom stereocenters. The standard InChI is InChI=1S/C15H19N3O3S/c1-4-16-13(19)8(2)17-15(21)10-5-6-12-11(7-10)18-14(20)9(3)22-12/h5-9H,4H2,1-3H3,(H,16,19)(H,17,21)(H,18,20)/t8-,9-/m0/s1. The Morgan fingerprint density at radius 3 is 2.82 bits per heavy atom. The van der Waals surface area contributed by atoms with E-state index in [2.05, 4.69) is 16.0 Å². The minimum atomic E-state index is -0.618. The van der Waals surface area contributed by atoms with Crippen molar-refractivity contribution in [1.29, 1.82) is 0 Å². The first-order chi connectivity index (χ1) is 10.4. The number of hydrogen-bond donors (Lipinski definition) is 3. The van der Waals surface area contributed by atoms with Crippen LogP contribution >= 0.6 is 11.8 Å². The van der Waals surface area contributed by atoms with Gasteiger partial charge in [-0.25, -0.2) is 0 Å². The molecule has 1 heterocycles. The van der Waals surface area contributed by atoms with Gasteiger partial charge in [-0.15, -0.1) is 11.8 Å². The summed E-state index contributed by atoms with van der Waals surface area (Å²) in [6.45, 7) is 5.79. The van der Waals surface area contributed by atoms with Crippen molar-refractivity contribution >= 4 is 35.2 Å². The van der Waals surface area contributed by atoms with Gasteiger partial charge in [0.15, 0.2) is 0 Å². The molecule has 22 heavy (non-hydrogen) atoms. The number of anilines is 1. The molecule has 0 aliphatic carbocycles. The van der Waals surface area contributed by atoms with Crippen molar-refractivity contribution < 1.29 is 14.4 Å². The highest BCUT2D eigenvalue weighted by Crippen LogP contribution is 2.35. The van der Waals surface area contributed by atoms with E-state index < -0.39 is 6.04 Å². The molecular formula is C15H19N3O3S. The van der Waals surface area contributed by atoms with Gasteiger partial charge in [0.25, 0.3) is 5.91 Å². The first kappa shape index (κ1) is 16.4. The quantitative estimate of drug-likeness (QED) is 0.782. The summed E-state index contributed by atoms with van der Waals surface area (Å²) in [5.74, 6) is -0.656. The van der Waals surface area contributed by atoms with E-state index in [1.807, 2.05) is 19.9 Å². The Morgan fingerprint density at radius 2 is 2.14 bits per heavy atom. The molecule has 1 aromatic rings. The topological polar surface area (TPSA) is 87.3 Å². The van der Waals surface area contributed by atoms with Crippen molar-refractivity contribution in [1.82, 2.24) is 10.6 Å². The molecule has 0 aromatic heterocycles. The van der Waals surface area contributed by atoms with Crippen LogP contribution in [0.2, 0.25) is 0 Å². The van der Waals surface area contributed by atoms with Crippen LogP contribution < -0.4 is 16.0 Å². The van der Waals surface area contributed by atoms with Crippen LogP contribution in [0.3, 0.4) is 0 Å². The van der Waals surface area contributed by atoms with Crippen LogP contribution in [0.1, 0.15) is 31.1 Å². The molecular weight excluding hydrogens is 302 g/mol. The summed E-state index contributed by atoms with van der Waals surface area (Å²) in [5, 5.41) is 7.92. The van der Waals surface area contributed by atoms with E-state index in [4.69, 9.17) is 0 Å². The number of carbonyl (C=O) groups is 3. The van der Waals surface area contributed by atoms with Crippen LogP contribution in [-0.2, 0) is 9.59 Å². The van der Waals surface area contributed by atoms with E-state index in [0.717, 1.165) is 4.90 Å². The number of thioether (sulfide) groups is 1. The first-order valence-corrected chi connectivity index (χ1v) is 8.00. The van der Waals surface area contributed by atoms with Crippen LogP contribution in [-0.4, -0.2) is 35.6 Å². The molecule has 1 aromatic carbocycles. The normalized spacial score (nSPS) is 18.0. The van der Waals surface area contributed by atoms with Gasteiger partial charge in [0, 0.05) is 17.0 Å². The zero-order chi connectivity index (χ0) is 16.3. The third-order valence-electron chi connectivity index (χ3n) is 3.26.